The topological polar surface area (TPSA) is 32.5 Å². The molecule has 2 N–H and O–H groups in total. The molecule has 0 amide bonds. The highest BCUT2D eigenvalue weighted by Crippen LogP contribution is 2.29. The van der Waals surface area contributed by atoms with E-state index in [2.05, 4.69) is 30.8 Å². The lowest BCUT2D eigenvalue weighted by molar-refractivity contribution is 0.216. The Hall–Kier alpha value is -0.120. The summed E-state index contributed by atoms with van der Waals surface area (Å²) < 4.78 is 0. The molecule has 1 heterocycles. The second-order valence-corrected chi connectivity index (χ2v) is 5.69. The standard InChI is InChI=1S/C12H25N3/c1-9-7-15(8-12(9)14(2)3)11-5-4-10(13)6-11/h9-12H,4-8,13H2,1-3H3. The Labute approximate surface area is 93.6 Å². The number of hydrogen-bond donors (Lipinski definition) is 1. The molecule has 1 aliphatic carbocycles. The van der Waals surface area contributed by atoms with E-state index in [0.29, 0.717) is 6.04 Å². The molecule has 2 aliphatic rings. The van der Waals surface area contributed by atoms with Crippen molar-refractivity contribution in [3.05, 3.63) is 0 Å². The minimum atomic E-state index is 0.462. The summed E-state index contributed by atoms with van der Waals surface area (Å²) in [6.45, 7) is 4.88. The fourth-order valence-corrected chi connectivity index (χ4v) is 3.28. The van der Waals surface area contributed by atoms with Crippen molar-refractivity contribution in [1.82, 2.24) is 9.80 Å². The average Bonchev–Trinajstić information content (AvgIpc) is 2.71. The molecule has 1 saturated heterocycles. The highest BCUT2D eigenvalue weighted by atomic mass is 15.3. The first-order chi connectivity index (χ1) is 7.08. The number of likely N-dealkylation sites (N-methyl/N-ethyl adjacent to an activating group) is 1. The van der Waals surface area contributed by atoms with E-state index >= 15 is 0 Å². The van der Waals surface area contributed by atoms with Gasteiger partial charge in [-0.25, -0.2) is 0 Å². The molecule has 15 heavy (non-hydrogen) atoms. The second kappa shape index (κ2) is 4.40. The molecule has 4 atom stereocenters. The predicted octanol–water partition coefficient (Wildman–Crippen LogP) is 0.748. The number of nitrogens with two attached hydrogens (primary N) is 1. The SMILES string of the molecule is CC1CN(C2CCC(N)C2)CC1N(C)C. The quantitative estimate of drug-likeness (QED) is 0.731. The van der Waals surface area contributed by atoms with Gasteiger partial charge in [0.2, 0.25) is 0 Å². The maximum absolute atomic E-state index is 5.98. The maximum Gasteiger partial charge on any atom is 0.0254 e. The van der Waals surface area contributed by atoms with Crippen molar-refractivity contribution < 1.29 is 0 Å². The molecule has 2 rings (SSSR count). The van der Waals surface area contributed by atoms with E-state index in [-0.39, 0.29) is 0 Å². The Morgan fingerprint density at radius 2 is 1.93 bits per heavy atom. The molecule has 1 saturated carbocycles. The molecule has 0 radical (unpaired) electrons. The third-order valence-corrected chi connectivity index (χ3v) is 4.23. The van der Waals surface area contributed by atoms with Crippen LogP contribution in [0, 0.1) is 5.92 Å². The summed E-state index contributed by atoms with van der Waals surface area (Å²) >= 11 is 0. The fraction of sp³-hybridized carbons (Fsp3) is 1.00. The Bertz CT molecular complexity index is 217. The molecule has 0 spiro atoms. The van der Waals surface area contributed by atoms with Crippen LogP contribution >= 0.6 is 0 Å². The Kier molecular flexibility index (Phi) is 3.33. The molecule has 1 aliphatic heterocycles. The van der Waals surface area contributed by atoms with Gasteiger partial charge in [-0.05, 0) is 39.3 Å². The molecule has 4 unspecified atom stereocenters. The van der Waals surface area contributed by atoms with Gasteiger partial charge >= 0.3 is 0 Å². The summed E-state index contributed by atoms with van der Waals surface area (Å²) in [5.41, 5.74) is 5.98. The van der Waals surface area contributed by atoms with Gasteiger partial charge in [-0.15, -0.1) is 0 Å². The zero-order chi connectivity index (χ0) is 11.0. The van der Waals surface area contributed by atoms with Gasteiger partial charge in [-0.1, -0.05) is 6.92 Å². The summed E-state index contributed by atoms with van der Waals surface area (Å²) in [6.07, 6.45) is 3.75. The van der Waals surface area contributed by atoms with Crippen LogP contribution in [0.25, 0.3) is 0 Å². The van der Waals surface area contributed by atoms with Crippen molar-refractivity contribution in [3.8, 4) is 0 Å². The fourth-order valence-electron chi connectivity index (χ4n) is 3.28. The van der Waals surface area contributed by atoms with E-state index in [9.17, 15) is 0 Å². The van der Waals surface area contributed by atoms with E-state index in [1.54, 1.807) is 0 Å². The van der Waals surface area contributed by atoms with Crippen molar-refractivity contribution in [2.75, 3.05) is 27.2 Å². The van der Waals surface area contributed by atoms with Gasteiger partial charge in [-0.2, -0.15) is 0 Å². The Balaban J connectivity index is 1.91. The van der Waals surface area contributed by atoms with E-state index in [4.69, 9.17) is 5.73 Å². The van der Waals surface area contributed by atoms with Crippen LogP contribution < -0.4 is 5.73 Å². The van der Waals surface area contributed by atoms with E-state index in [0.717, 1.165) is 18.0 Å². The first-order valence-corrected chi connectivity index (χ1v) is 6.24. The second-order valence-electron chi connectivity index (χ2n) is 5.69. The van der Waals surface area contributed by atoms with Crippen LogP contribution in [0.2, 0.25) is 0 Å². The minimum absolute atomic E-state index is 0.462. The molecule has 3 heteroatoms. The van der Waals surface area contributed by atoms with Crippen molar-refractivity contribution in [3.63, 3.8) is 0 Å². The summed E-state index contributed by atoms with van der Waals surface area (Å²) in [5, 5.41) is 0. The van der Waals surface area contributed by atoms with Gasteiger partial charge < -0.3 is 10.6 Å². The van der Waals surface area contributed by atoms with E-state index < -0.39 is 0 Å². The van der Waals surface area contributed by atoms with Gasteiger partial charge in [0.15, 0.2) is 0 Å². The van der Waals surface area contributed by atoms with Crippen LogP contribution in [0.5, 0.6) is 0 Å². The van der Waals surface area contributed by atoms with Crippen LogP contribution in [0.3, 0.4) is 0 Å². The van der Waals surface area contributed by atoms with Crippen LogP contribution in [0.1, 0.15) is 26.2 Å². The molecular weight excluding hydrogens is 186 g/mol. The first-order valence-electron chi connectivity index (χ1n) is 6.24. The monoisotopic (exact) mass is 211 g/mol. The van der Waals surface area contributed by atoms with Crippen molar-refractivity contribution >= 4 is 0 Å². The lowest BCUT2D eigenvalue weighted by Crippen LogP contribution is -2.37. The molecule has 2 fully saturated rings. The van der Waals surface area contributed by atoms with Gasteiger partial charge in [-0.3, -0.25) is 4.90 Å². The van der Waals surface area contributed by atoms with Gasteiger partial charge in [0, 0.05) is 31.2 Å². The van der Waals surface area contributed by atoms with E-state index in [1.165, 1.54) is 32.4 Å². The number of rotatable bonds is 2. The lowest BCUT2D eigenvalue weighted by atomic mass is 10.1. The Morgan fingerprint density at radius 3 is 2.40 bits per heavy atom. The van der Waals surface area contributed by atoms with Crippen molar-refractivity contribution in [2.24, 2.45) is 11.7 Å². The molecule has 0 aromatic rings. The van der Waals surface area contributed by atoms with Crippen molar-refractivity contribution in [2.45, 2.75) is 44.3 Å². The van der Waals surface area contributed by atoms with Gasteiger partial charge in [0.05, 0.1) is 0 Å². The normalized spacial score (nSPS) is 43.0. The highest BCUT2D eigenvalue weighted by Gasteiger charge is 2.36. The smallest absolute Gasteiger partial charge is 0.0254 e. The Morgan fingerprint density at radius 1 is 1.20 bits per heavy atom. The van der Waals surface area contributed by atoms with Crippen LogP contribution in [-0.4, -0.2) is 55.1 Å². The highest BCUT2D eigenvalue weighted by molar-refractivity contribution is 4.93. The maximum atomic E-state index is 5.98. The van der Waals surface area contributed by atoms with Gasteiger partial charge in [0.25, 0.3) is 0 Å². The van der Waals surface area contributed by atoms with Crippen LogP contribution in [-0.2, 0) is 0 Å². The summed E-state index contributed by atoms with van der Waals surface area (Å²) in [7, 11) is 4.40. The zero-order valence-electron chi connectivity index (χ0n) is 10.3. The largest absolute Gasteiger partial charge is 0.328 e. The molecule has 3 nitrogen and oxygen atoms in total. The third-order valence-electron chi connectivity index (χ3n) is 4.23. The number of hydrogen-bond acceptors (Lipinski definition) is 3. The predicted molar refractivity (Wildman–Crippen MR) is 63.8 cm³/mol. The minimum Gasteiger partial charge on any atom is -0.328 e. The molecule has 0 bridgehead atoms. The first kappa shape index (κ1) is 11.4. The summed E-state index contributed by atoms with van der Waals surface area (Å²) in [6, 6.07) is 1.97. The van der Waals surface area contributed by atoms with E-state index in [1.807, 2.05) is 0 Å². The number of nitrogens with zero attached hydrogens (tertiary/aromatic N) is 2. The molecular formula is C12H25N3. The van der Waals surface area contributed by atoms with Crippen LogP contribution in [0.15, 0.2) is 0 Å². The molecule has 0 aromatic heterocycles. The average molecular weight is 211 g/mol. The zero-order valence-corrected chi connectivity index (χ0v) is 10.3. The van der Waals surface area contributed by atoms with Gasteiger partial charge in [0.1, 0.15) is 0 Å². The van der Waals surface area contributed by atoms with Crippen molar-refractivity contribution in [1.29, 1.82) is 0 Å². The molecule has 88 valence electrons. The summed E-state index contributed by atoms with van der Waals surface area (Å²) in [4.78, 5) is 5.04. The third kappa shape index (κ3) is 2.35. The number of likely N-dealkylation sites (tertiary alicyclic amines) is 1. The summed E-state index contributed by atoms with van der Waals surface area (Å²) in [5.74, 6) is 0.803. The lowest BCUT2D eigenvalue weighted by Gasteiger charge is -2.25. The van der Waals surface area contributed by atoms with Crippen LogP contribution in [0.4, 0.5) is 0 Å². The molecule has 0 aromatic carbocycles.